The molecule has 0 spiro atoms. The highest BCUT2D eigenvalue weighted by molar-refractivity contribution is 7.91. The van der Waals surface area contributed by atoms with Gasteiger partial charge < -0.3 is 9.88 Å². The Labute approximate surface area is 124 Å². The minimum absolute atomic E-state index is 0.0174. The quantitative estimate of drug-likeness (QED) is 0.919. The average molecular weight is 308 g/mol. The Morgan fingerprint density at radius 3 is 2.71 bits per heavy atom. The summed E-state index contributed by atoms with van der Waals surface area (Å²) in [7, 11) is -1.47. The fourth-order valence-electron chi connectivity index (χ4n) is 2.18. The normalized spacial score (nSPS) is 13.3. The number of hydrogen-bond donors (Lipinski definition) is 1. The molecule has 0 saturated heterocycles. The third-order valence-corrected chi connectivity index (χ3v) is 5.59. The van der Waals surface area contributed by atoms with Crippen molar-refractivity contribution in [3.05, 3.63) is 36.0 Å². The van der Waals surface area contributed by atoms with E-state index in [0.29, 0.717) is 5.56 Å². The molecule has 1 heterocycles. The van der Waals surface area contributed by atoms with Crippen LogP contribution in [0.5, 0.6) is 0 Å². The van der Waals surface area contributed by atoms with Crippen LogP contribution in [0.25, 0.3) is 10.9 Å². The molecule has 2 aromatic rings. The molecular weight excluding hydrogens is 288 g/mol. The molecule has 0 saturated carbocycles. The van der Waals surface area contributed by atoms with Crippen molar-refractivity contribution in [2.75, 3.05) is 18.6 Å². The lowest BCUT2D eigenvalue weighted by Gasteiger charge is -2.24. The molecular formula is C15H20N2O3S. The van der Waals surface area contributed by atoms with Gasteiger partial charge >= 0.3 is 0 Å². The number of benzene rings is 1. The predicted octanol–water partition coefficient (Wildman–Crippen LogP) is 2.06. The van der Waals surface area contributed by atoms with Crippen LogP contribution in [0, 0.1) is 0 Å². The van der Waals surface area contributed by atoms with Crippen molar-refractivity contribution in [1.82, 2.24) is 9.88 Å². The standard InChI is InChI=1S/C15H20N2O3S/c1-4-21(19,20)10-11(2)17(3)15(18)13-6-5-12-7-8-16-14(12)9-13/h5-9,11,16H,4,10H2,1-3H3. The summed E-state index contributed by atoms with van der Waals surface area (Å²) < 4.78 is 23.3. The van der Waals surface area contributed by atoms with E-state index < -0.39 is 9.84 Å². The highest BCUT2D eigenvalue weighted by Gasteiger charge is 2.22. The van der Waals surface area contributed by atoms with Gasteiger partial charge in [-0.05, 0) is 30.5 Å². The van der Waals surface area contributed by atoms with Gasteiger partial charge in [0.05, 0.1) is 5.75 Å². The topological polar surface area (TPSA) is 70.2 Å². The minimum Gasteiger partial charge on any atom is -0.361 e. The van der Waals surface area contributed by atoms with Gasteiger partial charge in [-0.15, -0.1) is 0 Å². The van der Waals surface area contributed by atoms with Crippen LogP contribution < -0.4 is 0 Å². The number of rotatable bonds is 5. The summed E-state index contributed by atoms with van der Waals surface area (Å²) in [6, 6.07) is 7.00. The minimum atomic E-state index is -3.11. The maximum Gasteiger partial charge on any atom is 0.253 e. The SMILES string of the molecule is CCS(=O)(=O)CC(C)N(C)C(=O)c1ccc2cc[nH]c2c1. The molecule has 0 fully saturated rings. The highest BCUT2D eigenvalue weighted by atomic mass is 32.2. The number of carbonyl (C=O) groups is 1. The van der Waals surface area contributed by atoms with Crippen LogP contribution in [0.15, 0.2) is 30.5 Å². The van der Waals surface area contributed by atoms with Crippen molar-refractivity contribution in [1.29, 1.82) is 0 Å². The zero-order chi connectivity index (χ0) is 15.6. The molecule has 1 atom stereocenters. The number of amides is 1. The lowest BCUT2D eigenvalue weighted by molar-refractivity contribution is 0.0757. The van der Waals surface area contributed by atoms with Crippen LogP contribution in [-0.4, -0.2) is 48.8 Å². The Morgan fingerprint density at radius 1 is 1.33 bits per heavy atom. The average Bonchev–Trinajstić information content (AvgIpc) is 2.92. The molecule has 0 aliphatic heterocycles. The number of H-pyrrole nitrogens is 1. The van der Waals surface area contributed by atoms with E-state index in [-0.39, 0.29) is 23.5 Å². The third kappa shape index (κ3) is 3.44. The van der Waals surface area contributed by atoms with Crippen molar-refractivity contribution in [3.63, 3.8) is 0 Å². The maximum atomic E-state index is 12.4. The van der Waals surface area contributed by atoms with Gasteiger partial charge in [-0.25, -0.2) is 8.42 Å². The van der Waals surface area contributed by atoms with E-state index in [1.807, 2.05) is 18.3 Å². The molecule has 1 unspecified atom stereocenters. The molecule has 21 heavy (non-hydrogen) atoms. The van der Waals surface area contributed by atoms with Gasteiger partial charge in [-0.1, -0.05) is 13.0 Å². The first-order valence-corrected chi connectivity index (χ1v) is 8.71. The molecule has 0 aliphatic rings. The second kappa shape index (κ2) is 5.89. The van der Waals surface area contributed by atoms with E-state index >= 15 is 0 Å². The molecule has 0 aliphatic carbocycles. The number of sulfone groups is 1. The van der Waals surface area contributed by atoms with E-state index in [1.165, 1.54) is 4.90 Å². The number of nitrogens with one attached hydrogen (secondary N) is 1. The second-order valence-electron chi connectivity index (χ2n) is 5.24. The van der Waals surface area contributed by atoms with Gasteiger partial charge in [0.15, 0.2) is 9.84 Å². The molecule has 114 valence electrons. The van der Waals surface area contributed by atoms with Gasteiger partial charge in [0.25, 0.3) is 5.91 Å². The summed E-state index contributed by atoms with van der Waals surface area (Å²) in [5.74, 6) is -0.102. The monoisotopic (exact) mass is 308 g/mol. The van der Waals surface area contributed by atoms with Gasteiger partial charge in [0.2, 0.25) is 0 Å². The molecule has 1 N–H and O–H groups in total. The molecule has 1 aromatic carbocycles. The molecule has 6 heteroatoms. The number of aromatic amines is 1. The predicted molar refractivity (Wildman–Crippen MR) is 84.2 cm³/mol. The summed E-state index contributed by atoms with van der Waals surface area (Å²) >= 11 is 0. The van der Waals surface area contributed by atoms with Gasteiger partial charge in [0.1, 0.15) is 0 Å². The zero-order valence-corrected chi connectivity index (χ0v) is 13.3. The van der Waals surface area contributed by atoms with Crippen molar-refractivity contribution in [3.8, 4) is 0 Å². The van der Waals surface area contributed by atoms with Crippen molar-refractivity contribution < 1.29 is 13.2 Å². The molecule has 2 rings (SSSR count). The smallest absolute Gasteiger partial charge is 0.253 e. The fourth-order valence-corrected chi connectivity index (χ4v) is 3.38. The van der Waals surface area contributed by atoms with Crippen LogP contribution in [0.3, 0.4) is 0 Å². The maximum absolute atomic E-state index is 12.4. The van der Waals surface area contributed by atoms with E-state index in [4.69, 9.17) is 0 Å². The number of hydrogen-bond acceptors (Lipinski definition) is 3. The molecule has 0 radical (unpaired) electrons. The van der Waals surface area contributed by atoms with Gasteiger partial charge in [0, 0.05) is 36.1 Å². The van der Waals surface area contributed by atoms with Crippen LogP contribution in [-0.2, 0) is 9.84 Å². The van der Waals surface area contributed by atoms with E-state index in [2.05, 4.69) is 4.98 Å². The Kier molecular flexibility index (Phi) is 4.37. The van der Waals surface area contributed by atoms with E-state index in [1.54, 1.807) is 33.0 Å². The summed E-state index contributed by atoms with van der Waals surface area (Å²) in [5, 5.41) is 1.04. The van der Waals surface area contributed by atoms with Crippen LogP contribution in [0.4, 0.5) is 0 Å². The number of fused-ring (bicyclic) bond motifs is 1. The van der Waals surface area contributed by atoms with Crippen LogP contribution in [0.2, 0.25) is 0 Å². The fraction of sp³-hybridized carbons (Fsp3) is 0.400. The third-order valence-electron chi connectivity index (χ3n) is 3.72. The lowest BCUT2D eigenvalue weighted by atomic mass is 10.1. The van der Waals surface area contributed by atoms with Gasteiger partial charge in [-0.2, -0.15) is 0 Å². The van der Waals surface area contributed by atoms with Crippen molar-refractivity contribution in [2.24, 2.45) is 0 Å². The first-order valence-electron chi connectivity index (χ1n) is 6.89. The first kappa shape index (κ1) is 15.6. The largest absolute Gasteiger partial charge is 0.361 e. The summed E-state index contributed by atoms with van der Waals surface area (Å²) in [6.07, 6.45) is 1.82. The first-order chi connectivity index (χ1) is 9.84. The zero-order valence-electron chi connectivity index (χ0n) is 12.5. The number of aromatic nitrogens is 1. The molecule has 1 amide bonds. The molecule has 5 nitrogen and oxygen atoms in total. The Balaban J connectivity index is 2.18. The van der Waals surface area contributed by atoms with E-state index in [9.17, 15) is 13.2 Å². The number of carbonyl (C=O) groups excluding carboxylic acids is 1. The van der Waals surface area contributed by atoms with Crippen LogP contribution in [0.1, 0.15) is 24.2 Å². The Hall–Kier alpha value is -1.82. The van der Waals surface area contributed by atoms with Gasteiger partial charge in [-0.3, -0.25) is 4.79 Å². The molecule has 1 aromatic heterocycles. The van der Waals surface area contributed by atoms with E-state index in [0.717, 1.165) is 10.9 Å². The number of nitrogens with zero attached hydrogens (tertiary/aromatic N) is 1. The highest BCUT2D eigenvalue weighted by Crippen LogP contribution is 2.16. The van der Waals surface area contributed by atoms with Crippen LogP contribution >= 0.6 is 0 Å². The van der Waals surface area contributed by atoms with Crippen molar-refractivity contribution >= 4 is 26.6 Å². The second-order valence-corrected chi connectivity index (χ2v) is 7.64. The summed E-state index contributed by atoms with van der Waals surface area (Å²) in [6.45, 7) is 3.36. The Morgan fingerprint density at radius 2 is 2.05 bits per heavy atom. The molecule has 0 bridgehead atoms. The summed E-state index contributed by atoms with van der Waals surface area (Å²) in [4.78, 5) is 17.0. The lowest BCUT2D eigenvalue weighted by Crippen LogP contribution is -2.39. The Bertz CT molecular complexity index is 749. The van der Waals surface area contributed by atoms with Crippen molar-refractivity contribution in [2.45, 2.75) is 19.9 Å². The summed E-state index contributed by atoms with van der Waals surface area (Å²) in [5.41, 5.74) is 1.44.